The van der Waals surface area contributed by atoms with Gasteiger partial charge in [0, 0.05) is 0 Å². The minimum Gasteiger partial charge on any atom is -0.477 e. The number of nitrogens with zero attached hydrogens (tertiary/aromatic N) is 4. The molecule has 0 spiro atoms. The molecule has 106 valence electrons. The Morgan fingerprint density at radius 1 is 1.24 bits per heavy atom. The Labute approximate surface area is 121 Å². The molecule has 0 radical (unpaired) electrons. The molecule has 0 aliphatic carbocycles. The van der Waals surface area contributed by atoms with Gasteiger partial charge in [-0.15, -0.1) is 5.11 Å². The zero-order chi connectivity index (χ0) is 15.2. The van der Waals surface area contributed by atoms with Crippen molar-refractivity contribution in [1.29, 1.82) is 5.26 Å². The number of aromatic nitrogens is 1. The molecule has 0 aliphatic heterocycles. The summed E-state index contributed by atoms with van der Waals surface area (Å²) in [6.07, 6.45) is 0. The van der Waals surface area contributed by atoms with Crippen LogP contribution in [0.15, 0.2) is 40.6 Å². The van der Waals surface area contributed by atoms with Gasteiger partial charge < -0.3 is 16.2 Å². The third-order valence-electron chi connectivity index (χ3n) is 2.62. The van der Waals surface area contributed by atoms with Crippen molar-refractivity contribution in [3.8, 4) is 11.9 Å². The summed E-state index contributed by atoms with van der Waals surface area (Å²) >= 11 is 0. The maximum absolute atomic E-state index is 9.16. The lowest BCUT2D eigenvalue weighted by molar-refractivity contribution is 0.326. The number of nitrogens with two attached hydrogens (primary N) is 2. The summed E-state index contributed by atoms with van der Waals surface area (Å²) in [6, 6.07) is 11.0. The Bertz CT molecular complexity index is 706. The van der Waals surface area contributed by atoms with Crippen LogP contribution >= 0.6 is 0 Å². The SMILES string of the molecule is CCOc1nc(N)c(N=Nc2ccccc2)c(N)c1C#N. The fraction of sp³-hybridized carbons (Fsp3) is 0.143. The van der Waals surface area contributed by atoms with E-state index in [-0.39, 0.29) is 28.6 Å². The van der Waals surface area contributed by atoms with Crippen LogP contribution in [-0.4, -0.2) is 11.6 Å². The van der Waals surface area contributed by atoms with Crippen molar-refractivity contribution < 1.29 is 4.74 Å². The van der Waals surface area contributed by atoms with Crippen LogP contribution < -0.4 is 16.2 Å². The number of nitriles is 1. The van der Waals surface area contributed by atoms with Crippen LogP contribution in [0.25, 0.3) is 0 Å². The Kier molecular flexibility index (Phi) is 4.31. The second kappa shape index (κ2) is 6.34. The van der Waals surface area contributed by atoms with E-state index in [4.69, 9.17) is 21.5 Å². The predicted molar refractivity (Wildman–Crippen MR) is 79.6 cm³/mol. The molecule has 0 amide bonds. The molecule has 1 aromatic heterocycles. The van der Waals surface area contributed by atoms with Crippen molar-refractivity contribution in [1.82, 2.24) is 4.98 Å². The molecule has 0 fully saturated rings. The largest absolute Gasteiger partial charge is 0.477 e. The molecular weight excluding hydrogens is 268 g/mol. The first-order valence-corrected chi connectivity index (χ1v) is 6.26. The molecular formula is C14H14N6O. The molecule has 7 heteroatoms. The summed E-state index contributed by atoms with van der Waals surface area (Å²) in [6.45, 7) is 2.13. The van der Waals surface area contributed by atoms with E-state index < -0.39 is 0 Å². The first-order valence-electron chi connectivity index (χ1n) is 6.26. The smallest absolute Gasteiger partial charge is 0.235 e. The fourth-order valence-electron chi connectivity index (χ4n) is 1.65. The number of hydrogen-bond donors (Lipinski definition) is 2. The highest BCUT2D eigenvalue weighted by atomic mass is 16.5. The van der Waals surface area contributed by atoms with Crippen molar-refractivity contribution in [2.75, 3.05) is 18.1 Å². The van der Waals surface area contributed by atoms with Gasteiger partial charge in [0.25, 0.3) is 0 Å². The summed E-state index contributed by atoms with van der Waals surface area (Å²) < 4.78 is 5.24. The molecule has 1 heterocycles. The molecule has 4 N–H and O–H groups in total. The van der Waals surface area contributed by atoms with E-state index in [1.165, 1.54) is 0 Å². The molecule has 2 aromatic rings. The van der Waals surface area contributed by atoms with Crippen LogP contribution in [0.1, 0.15) is 12.5 Å². The highest BCUT2D eigenvalue weighted by molar-refractivity contribution is 5.80. The summed E-state index contributed by atoms with van der Waals surface area (Å²) in [7, 11) is 0. The van der Waals surface area contributed by atoms with Gasteiger partial charge in [-0.2, -0.15) is 15.4 Å². The third-order valence-corrected chi connectivity index (χ3v) is 2.62. The topological polar surface area (TPSA) is 123 Å². The summed E-state index contributed by atoms with van der Waals surface area (Å²) in [5.41, 5.74) is 12.7. The summed E-state index contributed by atoms with van der Waals surface area (Å²) in [5.74, 6) is 0.170. The summed E-state index contributed by atoms with van der Waals surface area (Å²) in [5, 5.41) is 17.2. The van der Waals surface area contributed by atoms with Crippen LogP contribution in [-0.2, 0) is 0 Å². The molecule has 0 saturated heterocycles. The van der Waals surface area contributed by atoms with E-state index in [9.17, 15) is 0 Å². The lowest BCUT2D eigenvalue weighted by Crippen LogP contribution is -2.04. The van der Waals surface area contributed by atoms with Crippen molar-refractivity contribution >= 4 is 22.9 Å². The van der Waals surface area contributed by atoms with Gasteiger partial charge in [0.15, 0.2) is 11.5 Å². The number of benzene rings is 1. The number of ether oxygens (including phenoxy) is 1. The van der Waals surface area contributed by atoms with Crippen LogP contribution in [0.4, 0.5) is 22.9 Å². The van der Waals surface area contributed by atoms with Crippen molar-refractivity contribution in [2.24, 2.45) is 10.2 Å². The Morgan fingerprint density at radius 3 is 2.57 bits per heavy atom. The molecule has 1 aromatic carbocycles. The standard InChI is InChI=1S/C14H14N6O/c1-2-21-14-10(8-15)11(16)12(13(17)18-14)20-19-9-6-4-3-5-7-9/h3-7H,2H2,1H3,(H4,16,17,18). The zero-order valence-electron chi connectivity index (χ0n) is 11.4. The van der Waals surface area contributed by atoms with Crippen LogP contribution in [0.3, 0.4) is 0 Å². The van der Waals surface area contributed by atoms with E-state index in [2.05, 4.69) is 15.2 Å². The summed E-state index contributed by atoms with van der Waals surface area (Å²) in [4.78, 5) is 4.01. The highest BCUT2D eigenvalue weighted by Crippen LogP contribution is 2.36. The van der Waals surface area contributed by atoms with Crippen molar-refractivity contribution in [2.45, 2.75) is 6.92 Å². The Balaban J connectivity index is 2.45. The number of rotatable bonds is 4. The quantitative estimate of drug-likeness (QED) is 0.834. The Hall–Kier alpha value is -3.14. The first-order chi connectivity index (χ1) is 10.2. The predicted octanol–water partition coefficient (Wildman–Crippen LogP) is 2.93. The molecule has 0 aliphatic rings. The zero-order valence-corrected chi connectivity index (χ0v) is 11.4. The van der Waals surface area contributed by atoms with E-state index in [0.29, 0.717) is 12.3 Å². The maximum Gasteiger partial charge on any atom is 0.235 e. The fourth-order valence-corrected chi connectivity index (χ4v) is 1.65. The van der Waals surface area contributed by atoms with Gasteiger partial charge in [-0.1, -0.05) is 18.2 Å². The van der Waals surface area contributed by atoms with Gasteiger partial charge in [0.2, 0.25) is 5.88 Å². The lowest BCUT2D eigenvalue weighted by atomic mass is 10.2. The van der Waals surface area contributed by atoms with Crippen LogP contribution in [0.5, 0.6) is 5.88 Å². The molecule has 2 rings (SSSR count). The van der Waals surface area contributed by atoms with E-state index >= 15 is 0 Å². The molecule has 0 bridgehead atoms. The van der Waals surface area contributed by atoms with Gasteiger partial charge in [-0.25, -0.2) is 0 Å². The molecule has 0 saturated carbocycles. The molecule has 7 nitrogen and oxygen atoms in total. The average Bonchev–Trinajstić information content (AvgIpc) is 2.48. The average molecular weight is 282 g/mol. The number of azo groups is 1. The van der Waals surface area contributed by atoms with E-state index in [0.717, 1.165) is 0 Å². The second-order valence-corrected chi connectivity index (χ2v) is 4.02. The van der Waals surface area contributed by atoms with Gasteiger partial charge in [-0.3, -0.25) is 0 Å². The third kappa shape index (κ3) is 3.06. The van der Waals surface area contributed by atoms with Gasteiger partial charge in [0.1, 0.15) is 11.6 Å². The minimum atomic E-state index is 0.0645. The first kappa shape index (κ1) is 14.3. The number of anilines is 2. The second-order valence-electron chi connectivity index (χ2n) is 4.02. The van der Waals surface area contributed by atoms with Gasteiger partial charge in [0.05, 0.1) is 18.0 Å². The maximum atomic E-state index is 9.16. The number of pyridine rings is 1. The van der Waals surface area contributed by atoms with Gasteiger partial charge >= 0.3 is 0 Å². The van der Waals surface area contributed by atoms with E-state index in [1.807, 2.05) is 24.3 Å². The van der Waals surface area contributed by atoms with Crippen molar-refractivity contribution in [3.05, 3.63) is 35.9 Å². The minimum absolute atomic E-state index is 0.0645. The van der Waals surface area contributed by atoms with Crippen LogP contribution in [0.2, 0.25) is 0 Å². The highest BCUT2D eigenvalue weighted by Gasteiger charge is 2.17. The van der Waals surface area contributed by atoms with E-state index in [1.54, 1.807) is 19.1 Å². The van der Waals surface area contributed by atoms with Crippen molar-refractivity contribution in [3.63, 3.8) is 0 Å². The normalized spacial score (nSPS) is 10.5. The monoisotopic (exact) mass is 282 g/mol. The van der Waals surface area contributed by atoms with Gasteiger partial charge in [-0.05, 0) is 19.1 Å². The molecule has 21 heavy (non-hydrogen) atoms. The van der Waals surface area contributed by atoms with Crippen LogP contribution in [0, 0.1) is 11.3 Å². The molecule has 0 atom stereocenters. The number of nitrogen functional groups attached to an aromatic ring is 2. The Morgan fingerprint density at radius 2 is 1.95 bits per heavy atom. The lowest BCUT2D eigenvalue weighted by Gasteiger charge is -2.09. The molecule has 0 unspecified atom stereocenters. The number of hydrogen-bond acceptors (Lipinski definition) is 7.